The number of ether oxygens (including phenoxy) is 3. The summed E-state index contributed by atoms with van der Waals surface area (Å²) in [5, 5.41) is 20.3. The van der Waals surface area contributed by atoms with Gasteiger partial charge in [0.05, 0.1) is 32.4 Å². The predicted molar refractivity (Wildman–Crippen MR) is 193 cm³/mol. The van der Waals surface area contributed by atoms with E-state index in [0.29, 0.717) is 66.7 Å². The number of imidazole rings is 1. The van der Waals surface area contributed by atoms with Crippen molar-refractivity contribution < 1.29 is 33.6 Å². The quantitative estimate of drug-likeness (QED) is 0.169. The second-order valence-corrected chi connectivity index (χ2v) is 13.0. The zero-order valence-corrected chi connectivity index (χ0v) is 28.5. The number of carboxylic acids is 1. The highest BCUT2D eigenvalue weighted by molar-refractivity contribution is 5.92. The average Bonchev–Trinajstić information content (AvgIpc) is 3.85. The molecular formula is C39H39N5O7. The number of carbonyl (C=O) groups is 1. The van der Waals surface area contributed by atoms with Gasteiger partial charge in [0.1, 0.15) is 34.1 Å². The summed E-state index contributed by atoms with van der Waals surface area (Å²) in [4.78, 5) is 26.0. The third kappa shape index (κ3) is 6.27. The van der Waals surface area contributed by atoms with Crippen LogP contribution >= 0.6 is 0 Å². The summed E-state index contributed by atoms with van der Waals surface area (Å²) in [5.41, 5.74) is 6.64. The Morgan fingerprint density at radius 1 is 0.882 bits per heavy atom. The molecule has 1 fully saturated rings. The van der Waals surface area contributed by atoms with Gasteiger partial charge in [-0.15, -0.1) is 0 Å². The molecule has 0 spiro atoms. The van der Waals surface area contributed by atoms with E-state index in [1.165, 1.54) is 0 Å². The summed E-state index contributed by atoms with van der Waals surface area (Å²) in [6, 6.07) is 25.1. The lowest BCUT2D eigenvalue weighted by Gasteiger charge is -2.26. The molecule has 0 bridgehead atoms. The van der Waals surface area contributed by atoms with E-state index >= 15 is 0 Å². The number of methoxy groups -OCH3 is 2. The number of carboxylic acid groups (broad SMARTS) is 1. The Hall–Kier alpha value is -5.75. The Bertz CT molecular complexity index is 2150. The maximum atomic E-state index is 12.1. The standard InChI is InChI=1S/C39H39N5O7/c1-48-28-10-5-24(6-11-28)22-42(23-25-7-12-29(49-2)13-8-25)39-41-30-19-26(9-14-33(30)51-39)37-40-31-20-27(43-17-15-32(45)36(43)38(46)47)21-34-35(31)44(37)16-3-4-18-50-34/h5-14,19-21,32,36,45H,3-4,15-18,22-23H2,1-2H3,(H,46,47)/t32-,36+/m1/s1. The number of aryl methyl sites for hydroxylation is 1. The minimum Gasteiger partial charge on any atom is -0.497 e. The van der Waals surface area contributed by atoms with Gasteiger partial charge in [-0.3, -0.25) is 0 Å². The molecule has 6 aromatic rings. The second kappa shape index (κ2) is 13.5. The molecule has 2 aliphatic heterocycles. The topological polar surface area (TPSA) is 136 Å². The Kier molecular flexibility index (Phi) is 8.60. The van der Waals surface area contributed by atoms with Gasteiger partial charge in [-0.05, 0) is 78.9 Å². The second-order valence-electron chi connectivity index (χ2n) is 13.0. The van der Waals surface area contributed by atoms with Gasteiger partial charge in [0.25, 0.3) is 6.01 Å². The molecule has 0 radical (unpaired) electrons. The van der Waals surface area contributed by atoms with Gasteiger partial charge in [-0.1, -0.05) is 24.3 Å². The van der Waals surface area contributed by atoms with Gasteiger partial charge in [0, 0.05) is 43.5 Å². The maximum absolute atomic E-state index is 12.1. The first kappa shape index (κ1) is 32.5. The van der Waals surface area contributed by atoms with Crippen LogP contribution in [-0.4, -0.2) is 70.2 Å². The number of nitrogens with zero attached hydrogens (tertiary/aromatic N) is 5. The Morgan fingerprint density at radius 2 is 1.59 bits per heavy atom. The number of aliphatic hydroxyl groups excluding tert-OH is 1. The molecule has 262 valence electrons. The molecule has 0 saturated carbocycles. The number of fused-ring (bicyclic) bond motifs is 1. The number of rotatable bonds is 10. The summed E-state index contributed by atoms with van der Waals surface area (Å²) in [6.45, 7) is 2.86. The molecule has 0 unspecified atom stereocenters. The molecule has 4 aromatic carbocycles. The third-order valence-electron chi connectivity index (χ3n) is 9.75. The van der Waals surface area contributed by atoms with Gasteiger partial charge in [-0.2, -0.15) is 4.98 Å². The molecule has 1 saturated heterocycles. The first-order valence-corrected chi connectivity index (χ1v) is 17.1. The van der Waals surface area contributed by atoms with E-state index in [0.717, 1.165) is 58.9 Å². The number of anilines is 2. The van der Waals surface area contributed by atoms with Crippen LogP contribution in [-0.2, 0) is 24.4 Å². The number of hydrogen-bond donors (Lipinski definition) is 2. The first-order chi connectivity index (χ1) is 24.9. The number of oxazole rings is 1. The van der Waals surface area contributed by atoms with Gasteiger partial charge in [-0.25, -0.2) is 9.78 Å². The average molecular weight is 690 g/mol. The highest BCUT2D eigenvalue weighted by atomic mass is 16.5. The molecule has 2 N–H and O–H groups in total. The van der Waals surface area contributed by atoms with E-state index in [4.69, 9.17) is 28.6 Å². The summed E-state index contributed by atoms with van der Waals surface area (Å²) >= 11 is 0. The number of aromatic nitrogens is 3. The fraction of sp³-hybridized carbons (Fsp3) is 0.308. The van der Waals surface area contributed by atoms with E-state index in [9.17, 15) is 15.0 Å². The molecule has 12 heteroatoms. The van der Waals surface area contributed by atoms with Crippen LogP contribution in [0.25, 0.3) is 33.5 Å². The Morgan fingerprint density at radius 3 is 2.25 bits per heavy atom. The first-order valence-electron chi connectivity index (χ1n) is 17.1. The van der Waals surface area contributed by atoms with Crippen molar-refractivity contribution in [2.24, 2.45) is 0 Å². The Balaban J connectivity index is 1.17. The zero-order chi connectivity index (χ0) is 35.1. The maximum Gasteiger partial charge on any atom is 0.329 e. The van der Waals surface area contributed by atoms with Crippen molar-refractivity contribution >= 4 is 39.8 Å². The van der Waals surface area contributed by atoms with Crippen LogP contribution in [0.3, 0.4) is 0 Å². The fourth-order valence-corrected chi connectivity index (χ4v) is 7.13. The van der Waals surface area contributed by atoms with Crippen molar-refractivity contribution in [3.63, 3.8) is 0 Å². The van der Waals surface area contributed by atoms with Crippen molar-refractivity contribution in [2.45, 2.75) is 51.0 Å². The van der Waals surface area contributed by atoms with E-state index in [1.807, 2.05) is 78.9 Å². The van der Waals surface area contributed by atoms with E-state index in [-0.39, 0.29) is 0 Å². The minimum atomic E-state index is -1.05. The van der Waals surface area contributed by atoms with Crippen LogP contribution in [0.2, 0.25) is 0 Å². The molecule has 2 aromatic heterocycles. The smallest absolute Gasteiger partial charge is 0.329 e. The lowest BCUT2D eigenvalue weighted by molar-refractivity contribution is -0.140. The fourth-order valence-electron chi connectivity index (χ4n) is 7.13. The van der Waals surface area contributed by atoms with Crippen molar-refractivity contribution in [1.82, 2.24) is 14.5 Å². The molecule has 51 heavy (non-hydrogen) atoms. The number of benzene rings is 4. The molecule has 12 nitrogen and oxygen atoms in total. The predicted octanol–water partition coefficient (Wildman–Crippen LogP) is 6.27. The van der Waals surface area contributed by atoms with Gasteiger partial charge in [0.15, 0.2) is 11.6 Å². The van der Waals surface area contributed by atoms with Gasteiger partial charge >= 0.3 is 5.97 Å². The van der Waals surface area contributed by atoms with Crippen LogP contribution in [0.4, 0.5) is 11.7 Å². The lowest BCUT2D eigenvalue weighted by Crippen LogP contribution is -2.42. The van der Waals surface area contributed by atoms with Crippen molar-refractivity contribution in [3.8, 4) is 28.6 Å². The zero-order valence-electron chi connectivity index (χ0n) is 28.5. The Labute approximate surface area is 294 Å². The number of hydrogen-bond acceptors (Lipinski definition) is 10. The molecule has 0 amide bonds. The van der Waals surface area contributed by atoms with Gasteiger partial charge in [0.2, 0.25) is 0 Å². The molecule has 8 rings (SSSR count). The van der Waals surface area contributed by atoms with Crippen LogP contribution in [0.1, 0.15) is 30.4 Å². The van der Waals surface area contributed by atoms with Crippen molar-refractivity contribution in [1.29, 1.82) is 0 Å². The summed E-state index contributed by atoms with van der Waals surface area (Å²) in [6.07, 6.45) is 1.22. The molecule has 2 aliphatic rings. The van der Waals surface area contributed by atoms with Crippen molar-refractivity contribution in [2.75, 3.05) is 37.2 Å². The van der Waals surface area contributed by atoms with E-state index in [2.05, 4.69) is 9.47 Å². The summed E-state index contributed by atoms with van der Waals surface area (Å²) < 4.78 is 25.6. The largest absolute Gasteiger partial charge is 0.497 e. The summed E-state index contributed by atoms with van der Waals surface area (Å²) in [5.74, 6) is 1.96. The van der Waals surface area contributed by atoms with Gasteiger partial charge < -0.3 is 43.2 Å². The third-order valence-corrected chi connectivity index (χ3v) is 9.75. The van der Waals surface area contributed by atoms with Crippen molar-refractivity contribution in [3.05, 3.63) is 90.0 Å². The molecule has 0 aliphatic carbocycles. The minimum absolute atomic E-state index is 0.377. The highest BCUT2D eigenvalue weighted by Crippen LogP contribution is 2.39. The molecule has 2 atom stereocenters. The van der Waals surface area contributed by atoms with Crippen LogP contribution in [0.5, 0.6) is 17.2 Å². The van der Waals surface area contributed by atoms with Crippen LogP contribution < -0.4 is 24.0 Å². The monoisotopic (exact) mass is 689 g/mol. The normalized spacial score (nSPS) is 17.3. The molecular weight excluding hydrogens is 650 g/mol. The van der Waals surface area contributed by atoms with E-state index in [1.54, 1.807) is 19.1 Å². The summed E-state index contributed by atoms with van der Waals surface area (Å²) in [7, 11) is 3.31. The SMILES string of the molecule is COc1ccc(CN(Cc2ccc(OC)cc2)c2nc3cc(-c4nc5cc(N6CC[C@@H](O)[C@H]6C(=O)O)cc6c5n4CCCCO6)ccc3o2)cc1. The number of aliphatic carboxylic acids is 1. The lowest BCUT2D eigenvalue weighted by atomic mass is 10.1. The number of aliphatic hydroxyl groups is 1. The molecule has 4 heterocycles. The van der Waals surface area contributed by atoms with E-state index < -0.39 is 18.1 Å². The highest BCUT2D eigenvalue weighted by Gasteiger charge is 2.39. The van der Waals surface area contributed by atoms with Crippen LogP contribution in [0, 0.1) is 0 Å². The van der Waals surface area contributed by atoms with Crippen LogP contribution in [0.15, 0.2) is 83.3 Å².